The Balaban J connectivity index is 1.66. The lowest BCUT2D eigenvalue weighted by molar-refractivity contribution is -0.142. The first-order chi connectivity index (χ1) is 15.5. The summed E-state index contributed by atoms with van der Waals surface area (Å²) >= 11 is 0. The van der Waals surface area contributed by atoms with Gasteiger partial charge in [-0.1, -0.05) is 47.1 Å². The molecule has 2 N–H and O–H groups in total. The number of rotatable bonds is 5. The summed E-state index contributed by atoms with van der Waals surface area (Å²) in [6.07, 6.45) is 7.01. The van der Waals surface area contributed by atoms with Crippen LogP contribution in [-0.2, 0) is 9.59 Å². The summed E-state index contributed by atoms with van der Waals surface area (Å²) < 4.78 is 0. The molecule has 4 rings (SSSR count). The summed E-state index contributed by atoms with van der Waals surface area (Å²) in [4.78, 5) is 26.7. The number of hydrogen-bond donors (Lipinski definition) is 2. The average molecular weight is 473 g/mol. The van der Waals surface area contributed by atoms with Gasteiger partial charge in [0.15, 0.2) is 5.78 Å². The Morgan fingerprint density at radius 2 is 1.65 bits per heavy atom. The van der Waals surface area contributed by atoms with Crippen molar-refractivity contribution in [2.45, 2.75) is 125 Å². The van der Waals surface area contributed by atoms with Crippen LogP contribution in [0.15, 0.2) is 11.1 Å². The highest BCUT2D eigenvalue weighted by Crippen LogP contribution is 2.71. The van der Waals surface area contributed by atoms with Gasteiger partial charge in [0.2, 0.25) is 0 Å². The number of allylic oxidation sites excluding steroid dienone is 2. The first-order valence-electron chi connectivity index (χ1n) is 13.7. The van der Waals surface area contributed by atoms with Gasteiger partial charge in [-0.2, -0.15) is 0 Å². The molecule has 0 saturated heterocycles. The molecule has 0 aliphatic heterocycles. The summed E-state index contributed by atoms with van der Waals surface area (Å²) in [6.45, 7) is 16.9. The van der Waals surface area contributed by atoms with Gasteiger partial charge in [-0.3, -0.25) is 9.59 Å². The van der Waals surface area contributed by atoms with Gasteiger partial charge in [0.1, 0.15) is 5.78 Å². The van der Waals surface area contributed by atoms with Crippen LogP contribution in [0.4, 0.5) is 0 Å². The highest BCUT2D eigenvalue weighted by atomic mass is 16.3. The zero-order valence-corrected chi connectivity index (χ0v) is 22.9. The van der Waals surface area contributed by atoms with Gasteiger partial charge >= 0.3 is 0 Å². The fraction of sp³-hybridized carbons (Fsp3) is 0.867. The Kier molecular flexibility index (Phi) is 6.14. The van der Waals surface area contributed by atoms with Crippen LogP contribution in [-0.4, -0.2) is 33.5 Å². The SMILES string of the molecule is C[C@@H](CC[C@H](O)C(C)(C)O)[C@H]1CC[C@@]2(C)C3=C(CC[C@]12C)[C@@]1(C)CCC(=O)C(C)(C)[C@@H]1CC3=O. The molecule has 34 heavy (non-hydrogen) atoms. The molecule has 0 aromatic heterocycles. The molecule has 192 valence electrons. The number of Topliss-reactive ketones (excluding diaryl/α,β-unsaturated/α-hetero) is 2. The first kappa shape index (κ1) is 26.1. The van der Waals surface area contributed by atoms with Crippen molar-refractivity contribution in [2.75, 3.05) is 0 Å². The Bertz CT molecular complexity index is 907. The third kappa shape index (κ3) is 3.52. The van der Waals surface area contributed by atoms with E-state index in [0.717, 1.165) is 44.1 Å². The molecule has 4 aliphatic rings. The number of aliphatic hydroxyl groups is 2. The zero-order chi connectivity index (χ0) is 25.5. The Morgan fingerprint density at radius 1 is 1.00 bits per heavy atom. The lowest BCUT2D eigenvalue weighted by Crippen LogP contribution is -2.56. The van der Waals surface area contributed by atoms with E-state index in [-0.39, 0.29) is 22.2 Å². The van der Waals surface area contributed by atoms with E-state index in [1.54, 1.807) is 13.8 Å². The molecule has 0 aromatic rings. The van der Waals surface area contributed by atoms with Gasteiger partial charge in [-0.25, -0.2) is 0 Å². The topological polar surface area (TPSA) is 74.6 Å². The molecule has 0 amide bonds. The predicted molar refractivity (Wildman–Crippen MR) is 135 cm³/mol. The minimum absolute atomic E-state index is 0.0501. The standard InChI is InChI=1S/C30H48O4/c1-18(9-10-24(33)27(4,5)34)19-11-16-30(8)25-20(12-15-29(19,30)7)28(6)14-13-23(32)26(2,3)22(28)17-21(25)31/h18-19,22,24,33-34H,9-17H2,1-8H3/t18-,19+,22-,24-,28+,29+,30-/m0/s1. The van der Waals surface area contributed by atoms with E-state index in [1.165, 1.54) is 5.57 Å². The van der Waals surface area contributed by atoms with E-state index < -0.39 is 17.1 Å². The molecule has 0 aromatic carbocycles. The van der Waals surface area contributed by atoms with Crippen LogP contribution in [0.1, 0.15) is 113 Å². The van der Waals surface area contributed by atoms with Gasteiger partial charge < -0.3 is 10.2 Å². The monoisotopic (exact) mass is 472 g/mol. The third-order valence-corrected chi connectivity index (χ3v) is 11.8. The van der Waals surface area contributed by atoms with Crippen LogP contribution < -0.4 is 0 Å². The molecule has 0 heterocycles. The summed E-state index contributed by atoms with van der Waals surface area (Å²) in [5.74, 6) is 1.67. The van der Waals surface area contributed by atoms with Crippen LogP contribution in [0.3, 0.4) is 0 Å². The number of carbonyl (C=O) groups is 2. The Hall–Kier alpha value is -1.00. The number of hydrogen-bond acceptors (Lipinski definition) is 4. The van der Waals surface area contributed by atoms with Gasteiger partial charge in [-0.05, 0) is 87.4 Å². The van der Waals surface area contributed by atoms with Gasteiger partial charge in [-0.15, -0.1) is 0 Å². The summed E-state index contributed by atoms with van der Waals surface area (Å²) in [5.41, 5.74) is 0.905. The third-order valence-electron chi connectivity index (χ3n) is 11.8. The molecule has 0 radical (unpaired) electrons. The van der Waals surface area contributed by atoms with Gasteiger partial charge in [0.05, 0.1) is 11.7 Å². The maximum absolute atomic E-state index is 13.9. The van der Waals surface area contributed by atoms with E-state index in [0.29, 0.717) is 42.7 Å². The summed E-state index contributed by atoms with van der Waals surface area (Å²) in [7, 11) is 0. The maximum Gasteiger partial charge on any atom is 0.159 e. The van der Waals surface area contributed by atoms with E-state index >= 15 is 0 Å². The molecule has 2 fully saturated rings. The number of fused-ring (bicyclic) bond motifs is 4. The largest absolute Gasteiger partial charge is 0.390 e. The fourth-order valence-corrected chi connectivity index (χ4v) is 9.10. The molecule has 4 nitrogen and oxygen atoms in total. The summed E-state index contributed by atoms with van der Waals surface area (Å²) in [5, 5.41) is 20.5. The van der Waals surface area contributed by atoms with Crippen molar-refractivity contribution >= 4 is 11.6 Å². The van der Waals surface area contributed by atoms with E-state index in [2.05, 4.69) is 41.5 Å². The van der Waals surface area contributed by atoms with Crippen molar-refractivity contribution in [3.63, 3.8) is 0 Å². The lowest BCUT2D eigenvalue weighted by atomic mass is 9.43. The van der Waals surface area contributed by atoms with Crippen molar-refractivity contribution in [3.8, 4) is 0 Å². The predicted octanol–water partition coefficient (Wildman–Crippen LogP) is 6.03. The van der Waals surface area contributed by atoms with E-state index in [1.807, 2.05) is 0 Å². The van der Waals surface area contributed by atoms with Gasteiger partial charge in [0, 0.05) is 29.2 Å². The second-order valence-corrected chi connectivity index (χ2v) is 14.2. The average Bonchev–Trinajstić information content (AvgIpc) is 3.01. The highest BCUT2D eigenvalue weighted by molar-refractivity contribution is 6.00. The maximum atomic E-state index is 13.9. The van der Waals surface area contributed by atoms with E-state index in [9.17, 15) is 19.8 Å². The van der Waals surface area contributed by atoms with Crippen LogP contribution in [0.2, 0.25) is 0 Å². The van der Waals surface area contributed by atoms with Crippen molar-refractivity contribution in [3.05, 3.63) is 11.1 Å². The summed E-state index contributed by atoms with van der Waals surface area (Å²) in [6, 6.07) is 0. The lowest BCUT2D eigenvalue weighted by Gasteiger charge is -2.60. The number of ketones is 2. The Labute approximate surface area is 207 Å². The molecule has 7 atom stereocenters. The van der Waals surface area contributed by atoms with Crippen molar-refractivity contribution in [1.29, 1.82) is 0 Å². The fourth-order valence-electron chi connectivity index (χ4n) is 9.10. The first-order valence-corrected chi connectivity index (χ1v) is 13.7. The molecular weight excluding hydrogens is 424 g/mol. The minimum Gasteiger partial charge on any atom is -0.390 e. The number of carbonyl (C=O) groups excluding carboxylic acids is 2. The molecule has 4 heteroatoms. The molecule has 0 unspecified atom stereocenters. The molecular formula is C30H48O4. The second-order valence-electron chi connectivity index (χ2n) is 14.2. The molecule has 0 bridgehead atoms. The minimum atomic E-state index is -1.08. The highest BCUT2D eigenvalue weighted by Gasteiger charge is 2.65. The van der Waals surface area contributed by atoms with Crippen molar-refractivity contribution in [2.24, 2.45) is 39.4 Å². The molecule has 4 aliphatic carbocycles. The molecule has 2 saturated carbocycles. The number of aliphatic hydroxyl groups excluding tert-OH is 1. The van der Waals surface area contributed by atoms with E-state index in [4.69, 9.17) is 0 Å². The quantitative estimate of drug-likeness (QED) is 0.512. The molecule has 0 spiro atoms. The normalized spacial score (nSPS) is 41.6. The van der Waals surface area contributed by atoms with Crippen LogP contribution in [0.5, 0.6) is 0 Å². The van der Waals surface area contributed by atoms with Crippen LogP contribution in [0, 0.1) is 39.4 Å². The van der Waals surface area contributed by atoms with Crippen molar-refractivity contribution in [1.82, 2.24) is 0 Å². The van der Waals surface area contributed by atoms with Crippen molar-refractivity contribution < 1.29 is 19.8 Å². The van der Waals surface area contributed by atoms with Gasteiger partial charge in [0.25, 0.3) is 0 Å². The smallest absolute Gasteiger partial charge is 0.159 e. The Morgan fingerprint density at radius 3 is 2.26 bits per heavy atom. The zero-order valence-electron chi connectivity index (χ0n) is 22.9. The van der Waals surface area contributed by atoms with Crippen LogP contribution >= 0.6 is 0 Å². The van der Waals surface area contributed by atoms with Crippen LogP contribution in [0.25, 0.3) is 0 Å². The second kappa shape index (κ2) is 8.00.